The van der Waals surface area contributed by atoms with Crippen LogP contribution in [0, 0.1) is 0 Å². The normalized spacial score (nSPS) is 19.9. The van der Waals surface area contributed by atoms with Gasteiger partial charge in [-0.15, -0.1) is 0 Å². The van der Waals surface area contributed by atoms with Crippen LogP contribution in [-0.4, -0.2) is 69.7 Å². The summed E-state index contributed by atoms with van der Waals surface area (Å²) in [7, 11) is 2.02. The fourth-order valence-corrected chi connectivity index (χ4v) is 4.39. The van der Waals surface area contributed by atoms with Gasteiger partial charge in [0.05, 0.1) is 5.56 Å². The lowest BCUT2D eigenvalue weighted by Crippen LogP contribution is -2.49. The zero-order valence-electron chi connectivity index (χ0n) is 17.6. The number of hydrogen-bond donors (Lipinski definition) is 1. The topological polar surface area (TPSA) is 65.8 Å². The van der Waals surface area contributed by atoms with Crippen LogP contribution in [0.15, 0.2) is 30.5 Å². The second-order valence-corrected chi connectivity index (χ2v) is 8.13. The second kappa shape index (κ2) is 9.72. The van der Waals surface area contributed by atoms with E-state index in [0.717, 1.165) is 42.4 Å². The minimum atomic E-state index is -5.08. The Kier molecular flexibility index (Phi) is 7.25. The number of carbonyl (C=O) groups is 2. The van der Waals surface area contributed by atoms with Crippen molar-refractivity contribution < 1.29 is 27.9 Å². The number of para-hydroxylation sites is 1. The number of likely N-dealkylation sites (tertiary alicyclic amines) is 2. The van der Waals surface area contributed by atoms with Gasteiger partial charge >= 0.3 is 12.1 Å². The number of fused-ring (bicyclic) bond motifs is 1. The molecule has 0 radical (unpaired) electrons. The van der Waals surface area contributed by atoms with Gasteiger partial charge < -0.3 is 19.5 Å². The third kappa shape index (κ3) is 5.58. The van der Waals surface area contributed by atoms with E-state index in [1.807, 2.05) is 25.4 Å². The number of alkyl halides is 3. The van der Waals surface area contributed by atoms with Crippen molar-refractivity contribution in [2.24, 2.45) is 7.05 Å². The van der Waals surface area contributed by atoms with Crippen molar-refractivity contribution in [3.63, 3.8) is 0 Å². The molecule has 170 valence electrons. The molecule has 2 aromatic rings. The predicted molar refractivity (Wildman–Crippen MR) is 111 cm³/mol. The number of carbonyl (C=O) groups excluding carboxylic acids is 1. The smallest absolute Gasteiger partial charge is 0.475 e. The van der Waals surface area contributed by atoms with E-state index < -0.39 is 12.1 Å². The van der Waals surface area contributed by atoms with Gasteiger partial charge in [0.15, 0.2) is 0 Å². The van der Waals surface area contributed by atoms with Gasteiger partial charge in [0.25, 0.3) is 5.91 Å². The van der Waals surface area contributed by atoms with E-state index in [4.69, 9.17) is 9.90 Å². The first-order valence-electron chi connectivity index (χ1n) is 10.6. The Morgan fingerprint density at radius 3 is 2.32 bits per heavy atom. The molecule has 2 fully saturated rings. The molecule has 2 aliphatic heterocycles. The largest absolute Gasteiger partial charge is 0.490 e. The molecule has 1 unspecified atom stereocenters. The Morgan fingerprint density at radius 1 is 1.06 bits per heavy atom. The molecule has 31 heavy (non-hydrogen) atoms. The molecule has 2 aliphatic rings. The molecule has 0 spiro atoms. The van der Waals surface area contributed by atoms with Gasteiger partial charge in [-0.2, -0.15) is 13.2 Å². The van der Waals surface area contributed by atoms with Crippen LogP contribution in [0.25, 0.3) is 10.9 Å². The molecule has 1 aromatic carbocycles. The molecule has 0 aliphatic carbocycles. The van der Waals surface area contributed by atoms with Crippen LogP contribution >= 0.6 is 0 Å². The Labute approximate surface area is 179 Å². The number of amides is 1. The van der Waals surface area contributed by atoms with Crippen LogP contribution in [0.1, 0.15) is 42.5 Å². The molecule has 1 atom stereocenters. The number of hydrogen-bond acceptors (Lipinski definition) is 3. The van der Waals surface area contributed by atoms with Gasteiger partial charge in [-0.3, -0.25) is 4.79 Å². The molecule has 3 heterocycles. The molecule has 4 rings (SSSR count). The standard InChI is InChI=1S/C20H27N3O.C2HF3O2/c1-21-15-18(17-9-2-3-10-19(17)21)20(24)23-13-5-4-8-16(23)14-22-11-6-7-12-22;3-2(4,5)1(6)7/h2-3,9-10,15-16H,4-8,11-14H2,1H3;(H,6,7). The van der Waals surface area contributed by atoms with Gasteiger partial charge in [0.2, 0.25) is 0 Å². The number of rotatable bonds is 3. The number of halogens is 3. The SMILES string of the molecule is Cn1cc(C(=O)N2CCCCC2CN2CCCC2)c2ccccc21.O=C(O)C(F)(F)F. The molecule has 1 N–H and O–H groups in total. The summed E-state index contributed by atoms with van der Waals surface area (Å²) in [5.74, 6) is -2.54. The fraction of sp³-hybridized carbons (Fsp3) is 0.545. The maximum atomic E-state index is 13.3. The minimum Gasteiger partial charge on any atom is -0.475 e. The van der Waals surface area contributed by atoms with Gasteiger partial charge in [-0.05, 0) is 51.3 Å². The monoisotopic (exact) mass is 439 g/mol. The number of aryl methyl sites for hydroxylation is 1. The zero-order valence-corrected chi connectivity index (χ0v) is 17.6. The number of aromatic nitrogens is 1. The van der Waals surface area contributed by atoms with E-state index in [-0.39, 0.29) is 5.91 Å². The number of piperidine rings is 1. The Balaban J connectivity index is 0.000000339. The molecule has 6 nitrogen and oxygen atoms in total. The Bertz CT molecular complexity index is 920. The van der Waals surface area contributed by atoms with Crippen molar-refractivity contribution in [1.82, 2.24) is 14.4 Å². The van der Waals surface area contributed by atoms with Crippen LogP contribution in [0.4, 0.5) is 13.2 Å². The minimum absolute atomic E-state index is 0.218. The van der Waals surface area contributed by atoms with Crippen molar-refractivity contribution in [2.45, 2.75) is 44.3 Å². The maximum Gasteiger partial charge on any atom is 0.490 e. The van der Waals surface area contributed by atoms with E-state index in [9.17, 15) is 18.0 Å². The maximum absolute atomic E-state index is 13.3. The van der Waals surface area contributed by atoms with Crippen molar-refractivity contribution in [2.75, 3.05) is 26.2 Å². The van der Waals surface area contributed by atoms with Crippen molar-refractivity contribution >= 4 is 22.8 Å². The van der Waals surface area contributed by atoms with E-state index in [0.29, 0.717) is 6.04 Å². The van der Waals surface area contributed by atoms with E-state index >= 15 is 0 Å². The van der Waals surface area contributed by atoms with Gasteiger partial charge in [-0.1, -0.05) is 18.2 Å². The third-order valence-electron chi connectivity index (χ3n) is 5.93. The van der Waals surface area contributed by atoms with Crippen molar-refractivity contribution in [1.29, 1.82) is 0 Å². The van der Waals surface area contributed by atoms with Crippen LogP contribution in [-0.2, 0) is 11.8 Å². The predicted octanol–water partition coefficient (Wildman–Crippen LogP) is 3.90. The van der Waals surface area contributed by atoms with E-state index in [1.165, 1.54) is 32.4 Å². The number of carboxylic acid groups (broad SMARTS) is 1. The molecule has 1 aromatic heterocycles. The summed E-state index contributed by atoms with van der Waals surface area (Å²) in [6, 6.07) is 8.60. The summed E-state index contributed by atoms with van der Waals surface area (Å²) in [6.07, 6.45) is 3.07. The summed E-state index contributed by atoms with van der Waals surface area (Å²) in [4.78, 5) is 26.9. The first kappa shape index (κ1) is 23.1. The van der Waals surface area contributed by atoms with Gasteiger partial charge in [0, 0.05) is 43.3 Å². The first-order valence-corrected chi connectivity index (χ1v) is 10.6. The summed E-state index contributed by atoms with van der Waals surface area (Å²) < 4.78 is 33.8. The van der Waals surface area contributed by atoms with Gasteiger partial charge in [0.1, 0.15) is 0 Å². The molecular formula is C22H28F3N3O3. The quantitative estimate of drug-likeness (QED) is 0.788. The number of aliphatic carboxylic acids is 1. The summed E-state index contributed by atoms with van der Waals surface area (Å²) in [6.45, 7) is 4.36. The summed E-state index contributed by atoms with van der Waals surface area (Å²) >= 11 is 0. The summed E-state index contributed by atoms with van der Waals surface area (Å²) in [5, 5.41) is 8.20. The fourth-order valence-electron chi connectivity index (χ4n) is 4.39. The average Bonchev–Trinajstić information content (AvgIpc) is 3.36. The van der Waals surface area contributed by atoms with Crippen LogP contribution < -0.4 is 0 Å². The van der Waals surface area contributed by atoms with E-state index in [2.05, 4.69) is 26.5 Å². The van der Waals surface area contributed by atoms with Gasteiger partial charge in [-0.25, -0.2) is 4.79 Å². The zero-order chi connectivity index (χ0) is 22.6. The Morgan fingerprint density at radius 2 is 1.68 bits per heavy atom. The highest BCUT2D eigenvalue weighted by atomic mass is 19.4. The number of benzene rings is 1. The second-order valence-electron chi connectivity index (χ2n) is 8.13. The molecule has 1 amide bonds. The molecule has 2 saturated heterocycles. The van der Waals surface area contributed by atoms with E-state index in [1.54, 1.807) is 0 Å². The van der Waals surface area contributed by atoms with Crippen LogP contribution in [0.2, 0.25) is 0 Å². The highest BCUT2D eigenvalue weighted by molar-refractivity contribution is 6.07. The lowest BCUT2D eigenvalue weighted by Gasteiger charge is -2.38. The number of nitrogens with zero attached hydrogens (tertiary/aromatic N) is 3. The molecule has 9 heteroatoms. The first-order chi connectivity index (χ1) is 14.7. The molecule has 0 saturated carbocycles. The van der Waals surface area contributed by atoms with Crippen molar-refractivity contribution in [3.8, 4) is 0 Å². The lowest BCUT2D eigenvalue weighted by atomic mass is 10.00. The molecule has 0 bridgehead atoms. The van der Waals surface area contributed by atoms with Crippen LogP contribution in [0.5, 0.6) is 0 Å². The highest BCUT2D eigenvalue weighted by Gasteiger charge is 2.38. The highest BCUT2D eigenvalue weighted by Crippen LogP contribution is 2.26. The Hall–Kier alpha value is -2.55. The number of carboxylic acids is 1. The lowest BCUT2D eigenvalue weighted by molar-refractivity contribution is -0.192. The average molecular weight is 439 g/mol. The van der Waals surface area contributed by atoms with Crippen molar-refractivity contribution in [3.05, 3.63) is 36.0 Å². The third-order valence-corrected chi connectivity index (χ3v) is 5.93. The van der Waals surface area contributed by atoms with Crippen LogP contribution in [0.3, 0.4) is 0 Å². The summed E-state index contributed by atoms with van der Waals surface area (Å²) in [5.41, 5.74) is 2.00. The molecular weight excluding hydrogens is 411 g/mol.